The zero-order valence-electron chi connectivity index (χ0n) is 11.3. The van der Waals surface area contributed by atoms with Gasteiger partial charge < -0.3 is 5.11 Å². The van der Waals surface area contributed by atoms with E-state index in [0.717, 1.165) is 18.4 Å². The predicted octanol–water partition coefficient (Wildman–Crippen LogP) is 4.58. The van der Waals surface area contributed by atoms with E-state index in [9.17, 15) is 5.11 Å². The van der Waals surface area contributed by atoms with Crippen molar-refractivity contribution in [2.75, 3.05) is 0 Å². The van der Waals surface area contributed by atoms with Gasteiger partial charge >= 0.3 is 0 Å². The summed E-state index contributed by atoms with van der Waals surface area (Å²) in [6, 6.07) is 10.0. The summed E-state index contributed by atoms with van der Waals surface area (Å²) in [5.74, 6) is 0. The molecule has 0 heterocycles. The van der Waals surface area contributed by atoms with Crippen molar-refractivity contribution >= 4 is 6.08 Å². The molecule has 0 aliphatic rings. The smallest absolute Gasteiger partial charge is 0.0794 e. The molecule has 1 rings (SSSR count). The fourth-order valence-corrected chi connectivity index (χ4v) is 1.85. The van der Waals surface area contributed by atoms with Gasteiger partial charge in [0.1, 0.15) is 0 Å². The molecule has 1 heteroatoms. The van der Waals surface area contributed by atoms with Crippen LogP contribution in [0.2, 0.25) is 0 Å². The average molecular weight is 244 g/mol. The van der Waals surface area contributed by atoms with Crippen LogP contribution in [0.1, 0.15) is 51.0 Å². The molecule has 1 aromatic carbocycles. The first kappa shape index (κ1) is 14.8. The largest absolute Gasteiger partial charge is 0.388 e. The fourth-order valence-electron chi connectivity index (χ4n) is 1.85. The van der Waals surface area contributed by atoms with Crippen LogP contribution in [0.15, 0.2) is 42.1 Å². The molecule has 0 spiro atoms. The summed E-state index contributed by atoms with van der Waals surface area (Å²) >= 11 is 0. The highest BCUT2D eigenvalue weighted by atomic mass is 16.3. The Morgan fingerprint density at radius 2 is 1.83 bits per heavy atom. The Hall–Kier alpha value is -1.30. The van der Waals surface area contributed by atoms with E-state index in [1.54, 1.807) is 6.08 Å². The number of aliphatic hydroxyl groups is 1. The van der Waals surface area contributed by atoms with Gasteiger partial charge in [0.2, 0.25) is 0 Å². The molecule has 0 saturated heterocycles. The minimum absolute atomic E-state index is 0.355. The van der Waals surface area contributed by atoms with Gasteiger partial charge in [-0.15, -0.1) is 5.73 Å². The molecule has 1 N–H and O–H groups in total. The summed E-state index contributed by atoms with van der Waals surface area (Å²) in [5.41, 5.74) is 4.17. The van der Waals surface area contributed by atoms with Gasteiger partial charge in [-0.3, -0.25) is 0 Å². The normalized spacial score (nSPS) is 11.7. The molecule has 1 unspecified atom stereocenters. The Labute approximate surface area is 111 Å². The molecule has 1 nitrogen and oxygen atoms in total. The summed E-state index contributed by atoms with van der Waals surface area (Å²) in [7, 11) is 0. The number of unbranched alkanes of at least 4 members (excludes halogenated alkanes) is 4. The summed E-state index contributed by atoms with van der Waals surface area (Å²) in [4.78, 5) is 0. The van der Waals surface area contributed by atoms with Gasteiger partial charge in [-0.25, -0.2) is 0 Å². The fraction of sp³-hybridized carbons (Fsp3) is 0.471. The zero-order valence-corrected chi connectivity index (χ0v) is 11.3. The highest BCUT2D eigenvalue weighted by molar-refractivity contribution is 5.48. The van der Waals surface area contributed by atoms with Gasteiger partial charge in [-0.1, -0.05) is 69.4 Å². The van der Waals surface area contributed by atoms with Gasteiger partial charge in [0.05, 0.1) is 6.10 Å². The number of benzene rings is 1. The van der Waals surface area contributed by atoms with Crippen molar-refractivity contribution in [3.8, 4) is 0 Å². The average Bonchev–Trinajstić information content (AvgIpc) is 2.40. The molecule has 0 bridgehead atoms. The second kappa shape index (κ2) is 9.70. The highest BCUT2D eigenvalue weighted by Crippen LogP contribution is 2.08. The van der Waals surface area contributed by atoms with Crippen LogP contribution >= 0.6 is 0 Å². The van der Waals surface area contributed by atoms with Gasteiger partial charge in [0.25, 0.3) is 0 Å². The van der Waals surface area contributed by atoms with Crippen LogP contribution in [0, 0.1) is 0 Å². The second-order valence-corrected chi connectivity index (χ2v) is 4.66. The molecule has 0 fully saturated rings. The lowest BCUT2D eigenvalue weighted by molar-refractivity contribution is 0.208. The molecule has 1 atom stereocenters. The van der Waals surface area contributed by atoms with Gasteiger partial charge in [-0.05, 0) is 24.1 Å². The molecule has 98 valence electrons. The molecule has 0 aliphatic carbocycles. The third kappa shape index (κ3) is 7.11. The van der Waals surface area contributed by atoms with E-state index in [-0.39, 0.29) is 6.10 Å². The Balaban J connectivity index is 2.23. The van der Waals surface area contributed by atoms with Crippen LogP contribution in [-0.4, -0.2) is 11.2 Å². The van der Waals surface area contributed by atoms with Crippen molar-refractivity contribution in [1.29, 1.82) is 0 Å². The highest BCUT2D eigenvalue weighted by Gasteiger charge is 1.97. The van der Waals surface area contributed by atoms with Crippen molar-refractivity contribution in [3.63, 3.8) is 0 Å². The van der Waals surface area contributed by atoms with Crippen molar-refractivity contribution in [2.24, 2.45) is 0 Å². The van der Waals surface area contributed by atoms with Crippen LogP contribution in [-0.2, 0) is 0 Å². The first-order chi connectivity index (χ1) is 8.83. The van der Waals surface area contributed by atoms with Crippen molar-refractivity contribution in [1.82, 2.24) is 0 Å². The SMILES string of the molecule is CCCCCCCC(O)C=C=Cc1ccccc1. The van der Waals surface area contributed by atoms with Gasteiger partial charge in [0.15, 0.2) is 0 Å². The standard InChI is InChI=1S/C17H24O/c1-2-3-4-5-9-14-17(18)15-10-13-16-11-7-6-8-12-16/h6-8,11-13,15,17-18H,2-5,9,14H2,1H3. The maximum Gasteiger partial charge on any atom is 0.0794 e. The van der Waals surface area contributed by atoms with E-state index in [2.05, 4.69) is 12.7 Å². The number of hydrogen-bond donors (Lipinski definition) is 1. The Morgan fingerprint density at radius 3 is 2.56 bits per heavy atom. The molecule has 0 amide bonds. The monoisotopic (exact) mass is 244 g/mol. The first-order valence-electron chi connectivity index (χ1n) is 6.98. The third-order valence-corrected chi connectivity index (χ3v) is 2.94. The van der Waals surface area contributed by atoms with Gasteiger partial charge in [0, 0.05) is 0 Å². The minimum atomic E-state index is -0.355. The Bertz CT molecular complexity index is 360. The van der Waals surface area contributed by atoms with Crippen LogP contribution in [0.4, 0.5) is 0 Å². The number of rotatable bonds is 8. The summed E-state index contributed by atoms with van der Waals surface area (Å²) in [6.45, 7) is 2.21. The van der Waals surface area contributed by atoms with Crippen LogP contribution < -0.4 is 0 Å². The molecule has 0 saturated carbocycles. The van der Waals surface area contributed by atoms with E-state index >= 15 is 0 Å². The lowest BCUT2D eigenvalue weighted by Crippen LogP contribution is -2.00. The van der Waals surface area contributed by atoms with Crippen LogP contribution in [0.5, 0.6) is 0 Å². The molecule has 0 aromatic heterocycles. The zero-order chi connectivity index (χ0) is 13.1. The predicted molar refractivity (Wildman–Crippen MR) is 78.4 cm³/mol. The number of aliphatic hydroxyl groups excluding tert-OH is 1. The quantitative estimate of drug-likeness (QED) is 0.524. The number of hydrogen-bond acceptors (Lipinski definition) is 1. The molecule has 18 heavy (non-hydrogen) atoms. The van der Waals surface area contributed by atoms with E-state index in [1.165, 1.54) is 25.7 Å². The first-order valence-corrected chi connectivity index (χ1v) is 6.98. The molecule has 0 aliphatic heterocycles. The molecule has 0 radical (unpaired) electrons. The van der Waals surface area contributed by atoms with Crippen LogP contribution in [0.25, 0.3) is 6.08 Å². The van der Waals surface area contributed by atoms with E-state index in [4.69, 9.17) is 0 Å². The summed E-state index contributed by atoms with van der Waals surface area (Å²) < 4.78 is 0. The van der Waals surface area contributed by atoms with E-state index in [1.807, 2.05) is 36.4 Å². The molecule has 1 aromatic rings. The lowest BCUT2D eigenvalue weighted by atomic mass is 10.1. The van der Waals surface area contributed by atoms with Crippen molar-refractivity contribution in [2.45, 2.75) is 51.6 Å². The summed E-state index contributed by atoms with van der Waals surface area (Å²) in [5, 5.41) is 9.75. The third-order valence-electron chi connectivity index (χ3n) is 2.94. The maximum atomic E-state index is 9.75. The van der Waals surface area contributed by atoms with E-state index in [0.29, 0.717) is 0 Å². The Morgan fingerprint density at radius 1 is 1.11 bits per heavy atom. The Kier molecular flexibility index (Phi) is 7.96. The second-order valence-electron chi connectivity index (χ2n) is 4.66. The minimum Gasteiger partial charge on any atom is -0.388 e. The topological polar surface area (TPSA) is 20.2 Å². The molecular weight excluding hydrogens is 220 g/mol. The maximum absolute atomic E-state index is 9.75. The van der Waals surface area contributed by atoms with Gasteiger partial charge in [-0.2, -0.15) is 0 Å². The van der Waals surface area contributed by atoms with Crippen LogP contribution in [0.3, 0.4) is 0 Å². The van der Waals surface area contributed by atoms with Crippen molar-refractivity contribution < 1.29 is 5.11 Å². The summed E-state index contributed by atoms with van der Waals surface area (Å²) in [6.07, 6.45) is 10.3. The van der Waals surface area contributed by atoms with Crippen molar-refractivity contribution in [3.05, 3.63) is 47.7 Å². The molecular formula is C17H24O. The lowest BCUT2D eigenvalue weighted by Gasteiger charge is -2.03. The van der Waals surface area contributed by atoms with E-state index < -0.39 is 0 Å².